The molecule has 1 aliphatic heterocycles. The standard InChI is InChI=1S/C16H17N3O/c1-17-15-13-9-8-12(10-14(13)18-16(15)20)19(2)11-6-4-3-5-7-11/h3-10,15,17H,1-2H3,(H,18,20). The van der Waals surface area contributed by atoms with Crippen molar-refractivity contribution >= 4 is 23.0 Å². The van der Waals surface area contributed by atoms with Gasteiger partial charge >= 0.3 is 0 Å². The molecule has 0 aliphatic carbocycles. The summed E-state index contributed by atoms with van der Waals surface area (Å²) in [5, 5.41) is 5.94. The summed E-state index contributed by atoms with van der Waals surface area (Å²) in [4.78, 5) is 13.9. The molecule has 4 heteroatoms. The van der Waals surface area contributed by atoms with Gasteiger partial charge in [0.05, 0.1) is 0 Å². The van der Waals surface area contributed by atoms with E-state index in [1.165, 1.54) is 0 Å². The summed E-state index contributed by atoms with van der Waals surface area (Å²) in [5.41, 5.74) is 4.05. The molecule has 3 rings (SSSR count). The van der Waals surface area contributed by atoms with Crippen LogP contribution in [-0.2, 0) is 4.79 Å². The minimum absolute atomic E-state index is 0.00186. The van der Waals surface area contributed by atoms with Gasteiger partial charge in [-0.2, -0.15) is 0 Å². The van der Waals surface area contributed by atoms with Gasteiger partial charge in [-0.15, -0.1) is 0 Å². The lowest BCUT2D eigenvalue weighted by Crippen LogP contribution is -2.23. The highest BCUT2D eigenvalue weighted by atomic mass is 16.2. The van der Waals surface area contributed by atoms with Gasteiger partial charge in [0.15, 0.2) is 0 Å². The summed E-state index contributed by atoms with van der Waals surface area (Å²) in [6.45, 7) is 0. The van der Waals surface area contributed by atoms with Gasteiger partial charge in [-0.1, -0.05) is 24.3 Å². The minimum atomic E-state index is -0.249. The summed E-state index contributed by atoms with van der Waals surface area (Å²) in [6.07, 6.45) is 0. The highest BCUT2D eigenvalue weighted by molar-refractivity contribution is 6.03. The number of likely N-dealkylation sites (N-methyl/N-ethyl adjacent to an activating group) is 1. The highest BCUT2D eigenvalue weighted by Crippen LogP contribution is 2.35. The van der Waals surface area contributed by atoms with Crippen molar-refractivity contribution in [1.29, 1.82) is 0 Å². The zero-order valence-electron chi connectivity index (χ0n) is 11.6. The molecule has 1 amide bonds. The highest BCUT2D eigenvalue weighted by Gasteiger charge is 2.29. The van der Waals surface area contributed by atoms with E-state index in [4.69, 9.17) is 0 Å². The summed E-state index contributed by atoms with van der Waals surface area (Å²) >= 11 is 0. The normalized spacial score (nSPS) is 16.7. The van der Waals surface area contributed by atoms with E-state index >= 15 is 0 Å². The first-order chi connectivity index (χ1) is 9.70. The molecule has 0 spiro atoms. The molecule has 0 fully saturated rings. The molecule has 1 unspecified atom stereocenters. The van der Waals surface area contributed by atoms with Crippen molar-refractivity contribution in [3.63, 3.8) is 0 Å². The second kappa shape index (κ2) is 4.98. The molecule has 102 valence electrons. The Morgan fingerprint density at radius 3 is 2.55 bits per heavy atom. The van der Waals surface area contributed by atoms with Crippen LogP contribution in [0.2, 0.25) is 0 Å². The van der Waals surface area contributed by atoms with Crippen LogP contribution in [-0.4, -0.2) is 20.0 Å². The number of nitrogens with zero attached hydrogens (tertiary/aromatic N) is 1. The van der Waals surface area contributed by atoms with Crippen LogP contribution >= 0.6 is 0 Å². The number of anilines is 3. The predicted molar refractivity (Wildman–Crippen MR) is 81.4 cm³/mol. The van der Waals surface area contributed by atoms with Gasteiger partial charge in [-0.3, -0.25) is 4.79 Å². The molecule has 0 saturated carbocycles. The number of hydrogen-bond acceptors (Lipinski definition) is 3. The number of carbonyl (C=O) groups excluding carboxylic acids is 1. The van der Waals surface area contributed by atoms with Crippen LogP contribution in [0.5, 0.6) is 0 Å². The molecule has 2 aromatic rings. The lowest BCUT2D eigenvalue weighted by atomic mass is 10.1. The van der Waals surface area contributed by atoms with Crippen LogP contribution < -0.4 is 15.5 Å². The topological polar surface area (TPSA) is 44.4 Å². The van der Waals surface area contributed by atoms with Gasteiger partial charge in [0.2, 0.25) is 5.91 Å². The molecule has 0 aromatic heterocycles. The van der Waals surface area contributed by atoms with Crippen molar-refractivity contribution in [3.05, 3.63) is 54.1 Å². The average Bonchev–Trinajstić information content (AvgIpc) is 2.81. The molecular formula is C16H17N3O. The van der Waals surface area contributed by atoms with Crippen molar-refractivity contribution in [1.82, 2.24) is 5.32 Å². The number of nitrogens with one attached hydrogen (secondary N) is 2. The largest absolute Gasteiger partial charge is 0.345 e. The minimum Gasteiger partial charge on any atom is -0.345 e. The van der Waals surface area contributed by atoms with Gasteiger partial charge < -0.3 is 15.5 Å². The van der Waals surface area contributed by atoms with Gasteiger partial charge in [-0.25, -0.2) is 0 Å². The molecule has 2 aromatic carbocycles. The van der Waals surface area contributed by atoms with Gasteiger partial charge in [-0.05, 0) is 31.3 Å². The Labute approximate surface area is 118 Å². The Morgan fingerprint density at radius 1 is 1.10 bits per heavy atom. The quantitative estimate of drug-likeness (QED) is 0.898. The van der Waals surface area contributed by atoms with Crippen molar-refractivity contribution in [2.75, 3.05) is 24.3 Å². The van der Waals surface area contributed by atoms with Crippen LogP contribution in [0.15, 0.2) is 48.5 Å². The summed E-state index contributed by atoms with van der Waals surface area (Å²) in [5.74, 6) is 0.00186. The summed E-state index contributed by atoms with van der Waals surface area (Å²) in [7, 11) is 3.81. The fourth-order valence-electron chi connectivity index (χ4n) is 2.55. The zero-order chi connectivity index (χ0) is 14.1. The summed E-state index contributed by atoms with van der Waals surface area (Å²) < 4.78 is 0. The first-order valence-corrected chi connectivity index (χ1v) is 6.61. The van der Waals surface area contributed by atoms with Gasteiger partial charge in [0.1, 0.15) is 6.04 Å². The van der Waals surface area contributed by atoms with Crippen LogP contribution in [0, 0.1) is 0 Å². The Kier molecular flexibility index (Phi) is 3.16. The van der Waals surface area contributed by atoms with E-state index in [1.807, 2.05) is 43.4 Å². The average molecular weight is 267 g/mol. The molecule has 1 aliphatic rings. The van der Waals surface area contributed by atoms with E-state index in [0.29, 0.717) is 0 Å². The van der Waals surface area contributed by atoms with E-state index in [-0.39, 0.29) is 11.9 Å². The number of hydrogen-bond donors (Lipinski definition) is 2. The fraction of sp³-hybridized carbons (Fsp3) is 0.188. The van der Waals surface area contributed by atoms with E-state index in [2.05, 4.69) is 27.7 Å². The Bertz CT molecular complexity index is 639. The van der Waals surface area contributed by atoms with Crippen molar-refractivity contribution in [3.8, 4) is 0 Å². The summed E-state index contributed by atoms with van der Waals surface area (Å²) in [6, 6.07) is 15.9. The van der Waals surface area contributed by atoms with Gasteiger partial charge in [0, 0.05) is 29.7 Å². The third-order valence-corrected chi connectivity index (χ3v) is 3.69. The molecule has 20 heavy (non-hydrogen) atoms. The van der Waals surface area contributed by atoms with Crippen molar-refractivity contribution < 1.29 is 4.79 Å². The molecule has 4 nitrogen and oxygen atoms in total. The third-order valence-electron chi connectivity index (χ3n) is 3.69. The SMILES string of the molecule is CNC1C(=O)Nc2cc(N(C)c3ccccc3)ccc21. The number of benzene rings is 2. The van der Waals surface area contributed by atoms with Gasteiger partial charge in [0.25, 0.3) is 0 Å². The lowest BCUT2D eigenvalue weighted by molar-refractivity contribution is -0.117. The predicted octanol–water partition coefficient (Wildman–Crippen LogP) is 2.67. The first kappa shape index (κ1) is 12.7. The first-order valence-electron chi connectivity index (χ1n) is 6.61. The number of carbonyl (C=O) groups is 1. The molecule has 1 heterocycles. The Hall–Kier alpha value is -2.33. The number of para-hydroxylation sites is 1. The van der Waals surface area contributed by atoms with Crippen LogP contribution in [0.3, 0.4) is 0 Å². The van der Waals surface area contributed by atoms with Crippen molar-refractivity contribution in [2.45, 2.75) is 6.04 Å². The monoisotopic (exact) mass is 267 g/mol. The fourth-order valence-corrected chi connectivity index (χ4v) is 2.55. The van der Waals surface area contributed by atoms with E-state index in [0.717, 1.165) is 22.6 Å². The number of rotatable bonds is 3. The second-order valence-electron chi connectivity index (χ2n) is 4.88. The van der Waals surface area contributed by atoms with E-state index < -0.39 is 0 Å². The maximum Gasteiger partial charge on any atom is 0.246 e. The molecule has 2 N–H and O–H groups in total. The Balaban J connectivity index is 1.95. The molecule has 0 radical (unpaired) electrons. The maximum absolute atomic E-state index is 11.8. The van der Waals surface area contributed by atoms with Crippen LogP contribution in [0.1, 0.15) is 11.6 Å². The molecular weight excluding hydrogens is 250 g/mol. The number of amides is 1. The lowest BCUT2D eigenvalue weighted by Gasteiger charge is -2.20. The smallest absolute Gasteiger partial charge is 0.246 e. The third kappa shape index (κ3) is 2.04. The van der Waals surface area contributed by atoms with E-state index in [9.17, 15) is 4.79 Å². The number of fused-ring (bicyclic) bond motifs is 1. The molecule has 1 atom stereocenters. The second-order valence-corrected chi connectivity index (χ2v) is 4.88. The van der Waals surface area contributed by atoms with Crippen molar-refractivity contribution in [2.24, 2.45) is 0 Å². The molecule has 0 bridgehead atoms. The zero-order valence-corrected chi connectivity index (χ0v) is 11.6. The van der Waals surface area contributed by atoms with Crippen LogP contribution in [0.25, 0.3) is 0 Å². The van der Waals surface area contributed by atoms with Crippen LogP contribution in [0.4, 0.5) is 17.1 Å². The maximum atomic E-state index is 11.8. The van der Waals surface area contributed by atoms with E-state index in [1.54, 1.807) is 7.05 Å². The molecule has 0 saturated heterocycles. The Morgan fingerprint density at radius 2 is 1.85 bits per heavy atom.